The molecule has 1 aliphatic heterocycles. The van der Waals surface area contributed by atoms with E-state index in [0.717, 1.165) is 30.6 Å². The number of hydrogen-bond donors (Lipinski definition) is 2. The number of methoxy groups -OCH3 is 1. The molecule has 1 fully saturated rings. The SMILES string of the molecule is COc1ccc(C)cc1CCNC(=O)[C@@H]1CC[C@H](CN)O1.Cl. The van der Waals surface area contributed by atoms with Crippen LogP contribution in [0.25, 0.3) is 0 Å². The Hall–Kier alpha value is -1.30. The summed E-state index contributed by atoms with van der Waals surface area (Å²) >= 11 is 0. The summed E-state index contributed by atoms with van der Waals surface area (Å²) in [6.07, 6.45) is 2.03. The first-order valence-corrected chi connectivity index (χ1v) is 7.40. The Kier molecular flexibility index (Phi) is 7.65. The topological polar surface area (TPSA) is 73.6 Å². The van der Waals surface area contributed by atoms with E-state index < -0.39 is 0 Å². The second kappa shape index (κ2) is 8.98. The second-order valence-electron chi connectivity index (χ2n) is 5.42. The van der Waals surface area contributed by atoms with Gasteiger partial charge >= 0.3 is 0 Å². The number of halogens is 1. The van der Waals surface area contributed by atoms with Crippen molar-refractivity contribution in [3.63, 3.8) is 0 Å². The molecule has 5 nitrogen and oxygen atoms in total. The monoisotopic (exact) mass is 328 g/mol. The molecule has 3 N–H and O–H groups in total. The van der Waals surface area contributed by atoms with E-state index in [1.807, 2.05) is 19.1 Å². The van der Waals surface area contributed by atoms with Crippen molar-refractivity contribution in [3.8, 4) is 5.75 Å². The zero-order valence-corrected chi connectivity index (χ0v) is 13.9. The van der Waals surface area contributed by atoms with E-state index in [1.165, 1.54) is 5.56 Å². The smallest absolute Gasteiger partial charge is 0.249 e. The van der Waals surface area contributed by atoms with E-state index in [1.54, 1.807) is 7.11 Å². The molecule has 0 radical (unpaired) electrons. The van der Waals surface area contributed by atoms with Crippen molar-refractivity contribution in [1.82, 2.24) is 5.32 Å². The molecule has 2 rings (SSSR count). The van der Waals surface area contributed by atoms with Gasteiger partial charge in [-0.3, -0.25) is 4.79 Å². The van der Waals surface area contributed by atoms with E-state index in [4.69, 9.17) is 15.2 Å². The molecule has 2 atom stereocenters. The molecule has 0 saturated carbocycles. The van der Waals surface area contributed by atoms with Crippen molar-refractivity contribution in [2.75, 3.05) is 20.2 Å². The van der Waals surface area contributed by atoms with Gasteiger partial charge in [-0.2, -0.15) is 0 Å². The van der Waals surface area contributed by atoms with Crippen molar-refractivity contribution in [2.45, 2.75) is 38.4 Å². The Morgan fingerprint density at radius 2 is 2.23 bits per heavy atom. The van der Waals surface area contributed by atoms with Crippen LogP contribution in [0.5, 0.6) is 5.75 Å². The summed E-state index contributed by atoms with van der Waals surface area (Å²) in [5, 5.41) is 2.93. The normalized spacial score (nSPS) is 20.3. The molecule has 1 aliphatic rings. The van der Waals surface area contributed by atoms with Crippen LogP contribution >= 0.6 is 12.4 Å². The van der Waals surface area contributed by atoms with Crippen LogP contribution < -0.4 is 15.8 Å². The number of nitrogens with one attached hydrogen (secondary N) is 1. The van der Waals surface area contributed by atoms with E-state index >= 15 is 0 Å². The average Bonchev–Trinajstić information content (AvgIpc) is 2.96. The van der Waals surface area contributed by atoms with Gasteiger partial charge in [0.05, 0.1) is 13.2 Å². The van der Waals surface area contributed by atoms with Crippen molar-refractivity contribution < 1.29 is 14.3 Å². The van der Waals surface area contributed by atoms with Gasteiger partial charge in [0.25, 0.3) is 0 Å². The zero-order valence-electron chi connectivity index (χ0n) is 13.1. The maximum Gasteiger partial charge on any atom is 0.249 e. The highest BCUT2D eigenvalue weighted by molar-refractivity contribution is 5.85. The van der Waals surface area contributed by atoms with E-state index in [0.29, 0.717) is 13.1 Å². The molecule has 22 heavy (non-hydrogen) atoms. The predicted octanol–water partition coefficient (Wildman–Crippen LogP) is 1.59. The van der Waals surface area contributed by atoms with Gasteiger partial charge < -0.3 is 20.5 Å². The van der Waals surface area contributed by atoms with Gasteiger partial charge in [-0.05, 0) is 37.8 Å². The predicted molar refractivity (Wildman–Crippen MR) is 88.6 cm³/mol. The summed E-state index contributed by atoms with van der Waals surface area (Å²) in [5.74, 6) is 0.813. The van der Waals surface area contributed by atoms with Crippen molar-refractivity contribution >= 4 is 18.3 Å². The molecule has 0 aliphatic carbocycles. The number of benzene rings is 1. The number of aryl methyl sites for hydroxylation is 1. The lowest BCUT2D eigenvalue weighted by Crippen LogP contribution is -2.36. The Bertz CT molecular complexity index is 496. The van der Waals surface area contributed by atoms with Gasteiger partial charge in [0.15, 0.2) is 0 Å². The minimum absolute atomic E-state index is 0. The summed E-state index contributed by atoms with van der Waals surface area (Å²) in [7, 11) is 1.66. The third-order valence-corrected chi connectivity index (χ3v) is 3.79. The standard InChI is InChI=1S/C16H24N2O3.ClH/c1-11-3-5-14(20-2)12(9-11)7-8-18-16(19)15-6-4-13(10-17)21-15;/h3,5,9,13,15H,4,6-8,10,17H2,1-2H3,(H,18,19);1H/t13-,15+;/m1./s1. The quantitative estimate of drug-likeness (QED) is 0.831. The summed E-state index contributed by atoms with van der Waals surface area (Å²) in [6, 6.07) is 6.06. The Balaban J connectivity index is 0.00000242. The number of hydrogen-bond acceptors (Lipinski definition) is 4. The van der Waals surface area contributed by atoms with Gasteiger partial charge in [-0.25, -0.2) is 0 Å². The van der Waals surface area contributed by atoms with Crippen molar-refractivity contribution in [3.05, 3.63) is 29.3 Å². The third-order valence-electron chi connectivity index (χ3n) is 3.79. The third kappa shape index (κ3) is 4.87. The van der Waals surface area contributed by atoms with E-state index in [9.17, 15) is 4.79 Å². The minimum Gasteiger partial charge on any atom is -0.496 e. The van der Waals surface area contributed by atoms with Crippen molar-refractivity contribution in [2.24, 2.45) is 5.73 Å². The van der Waals surface area contributed by atoms with Crippen LogP contribution in [-0.2, 0) is 16.0 Å². The van der Waals surface area contributed by atoms with Crippen LogP contribution in [0.2, 0.25) is 0 Å². The lowest BCUT2D eigenvalue weighted by molar-refractivity contribution is -0.131. The first-order chi connectivity index (χ1) is 10.1. The fraction of sp³-hybridized carbons (Fsp3) is 0.562. The lowest BCUT2D eigenvalue weighted by atomic mass is 10.1. The van der Waals surface area contributed by atoms with Gasteiger partial charge in [-0.1, -0.05) is 17.7 Å². The summed E-state index contributed by atoms with van der Waals surface area (Å²) in [6.45, 7) is 3.09. The van der Waals surface area contributed by atoms with Gasteiger partial charge in [0, 0.05) is 13.1 Å². The molecular formula is C16H25ClN2O3. The average molecular weight is 329 g/mol. The minimum atomic E-state index is -0.349. The van der Waals surface area contributed by atoms with Gasteiger partial charge in [-0.15, -0.1) is 12.4 Å². The number of nitrogens with two attached hydrogens (primary N) is 1. The number of carbonyl (C=O) groups is 1. The van der Waals surface area contributed by atoms with E-state index in [-0.39, 0.29) is 30.5 Å². The van der Waals surface area contributed by atoms with Crippen LogP contribution in [0.4, 0.5) is 0 Å². The van der Waals surface area contributed by atoms with Crippen LogP contribution in [0, 0.1) is 6.92 Å². The van der Waals surface area contributed by atoms with Crippen LogP contribution in [-0.4, -0.2) is 38.3 Å². The molecule has 0 unspecified atom stereocenters. The van der Waals surface area contributed by atoms with Crippen LogP contribution in [0.15, 0.2) is 18.2 Å². The van der Waals surface area contributed by atoms with Crippen molar-refractivity contribution in [1.29, 1.82) is 0 Å². The second-order valence-corrected chi connectivity index (χ2v) is 5.42. The molecule has 1 aromatic carbocycles. The van der Waals surface area contributed by atoms with Gasteiger partial charge in [0.2, 0.25) is 5.91 Å². The number of amides is 1. The Morgan fingerprint density at radius 1 is 1.45 bits per heavy atom. The molecule has 124 valence electrons. The highest BCUT2D eigenvalue weighted by atomic mass is 35.5. The summed E-state index contributed by atoms with van der Waals surface area (Å²) in [5.41, 5.74) is 7.83. The highest BCUT2D eigenvalue weighted by Gasteiger charge is 2.29. The molecule has 0 bridgehead atoms. The number of carbonyl (C=O) groups excluding carboxylic acids is 1. The fourth-order valence-electron chi connectivity index (χ4n) is 2.61. The van der Waals surface area contributed by atoms with E-state index in [2.05, 4.69) is 11.4 Å². The number of ether oxygens (including phenoxy) is 2. The molecule has 1 amide bonds. The Morgan fingerprint density at radius 3 is 2.86 bits per heavy atom. The van der Waals surface area contributed by atoms with Crippen LogP contribution in [0.1, 0.15) is 24.0 Å². The largest absolute Gasteiger partial charge is 0.496 e. The Labute approximate surface area is 138 Å². The first kappa shape index (κ1) is 18.7. The fourth-order valence-corrected chi connectivity index (χ4v) is 2.61. The maximum atomic E-state index is 12.0. The number of rotatable bonds is 6. The van der Waals surface area contributed by atoms with Crippen LogP contribution in [0.3, 0.4) is 0 Å². The first-order valence-electron chi connectivity index (χ1n) is 7.40. The molecular weight excluding hydrogens is 304 g/mol. The molecule has 1 saturated heterocycles. The molecule has 0 aromatic heterocycles. The lowest BCUT2D eigenvalue weighted by Gasteiger charge is -2.14. The molecule has 1 aromatic rings. The van der Waals surface area contributed by atoms with Gasteiger partial charge in [0.1, 0.15) is 11.9 Å². The maximum absolute atomic E-state index is 12.0. The molecule has 1 heterocycles. The zero-order chi connectivity index (χ0) is 15.2. The summed E-state index contributed by atoms with van der Waals surface area (Å²) < 4.78 is 10.9. The summed E-state index contributed by atoms with van der Waals surface area (Å²) in [4.78, 5) is 12.0. The molecule has 6 heteroatoms. The molecule has 0 spiro atoms. The highest BCUT2D eigenvalue weighted by Crippen LogP contribution is 2.21.